The Morgan fingerprint density at radius 2 is 1.36 bits per heavy atom. The summed E-state index contributed by atoms with van der Waals surface area (Å²) in [4.78, 5) is 16.5. The third-order valence-corrected chi connectivity index (χ3v) is 5.32. The number of aromatic nitrogens is 1. The minimum absolute atomic E-state index is 0.328. The van der Waals surface area contributed by atoms with E-state index < -0.39 is 11.2 Å². The summed E-state index contributed by atoms with van der Waals surface area (Å²) >= 11 is 1.10. The van der Waals surface area contributed by atoms with Crippen molar-refractivity contribution in [3.63, 3.8) is 0 Å². The number of carboxylic acids is 1. The molecule has 1 heterocycles. The van der Waals surface area contributed by atoms with E-state index in [1.54, 1.807) is 12.1 Å². The molecule has 4 rings (SSSR count). The molecule has 0 bridgehead atoms. The average molecular weight is 387 g/mol. The zero-order valence-electron chi connectivity index (χ0n) is 14.9. The van der Waals surface area contributed by atoms with Crippen LogP contribution in [0, 0.1) is 0 Å². The maximum absolute atomic E-state index is 11.8. The second-order valence-electron chi connectivity index (χ2n) is 6.14. The molecule has 1 aromatic heterocycles. The summed E-state index contributed by atoms with van der Waals surface area (Å²) in [6, 6.07) is 28.6. The fraction of sp³-hybridized carbons (Fsp3) is 0.0435. The second kappa shape index (κ2) is 8.15. The lowest BCUT2D eigenvalue weighted by Crippen LogP contribution is -2.07. The van der Waals surface area contributed by atoms with Crippen molar-refractivity contribution >= 4 is 17.7 Å². The zero-order valence-corrected chi connectivity index (χ0v) is 15.7. The number of hydrogen-bond donors (Lipinski definition) is 1. The van der Waals surface area contributed by atoms with E-state index in [4.69, 9.17) is 4.42 Å². The summed E-state index contributed by atoms with van der Waals surface area (Å²) < 4.78 is 6.05. The van der Waals surface area contributed by atoms with Crippen LogP contribution < -0.4 is 0 Å². The molecule has 0 aliphatic carbocycles. The topological polar surface area (TPSA) is 63.3 Å². The summed E-state index contributed by atoms with van der Waals surface area (Å²) in [6.45, 7) is 0. The molecule has 0 spiro atoms. The van der Waals surface area contributed by atoms with Crippen molar-refractivity contribution in [2.24, 2.45) is 0 Å². The Labute approximate surface area is 166 Å². The van der Waals surface area contributed by atoms with Gasteiger partial charge in [-0.2, -0.15) is 0 Å². The molecule has 0 radical (unpaired) electrons. The number of benzene rings is 3. The van der Waals surface area contributed by atoms with Crippen LogP contribution in [-0.4, -0.2) is 16.1 Å². The van der Waals surface area contributed by atoms with Gasteiger partial charge in [-0.05, 0) is 17.3 Å². The summed E-state index contributed by atoms with van der Waals surface area (Å²) in [6.07, 6.45) is 0. The third-order valence-electron chi connectivity index (χ3n) is 4.24. The molecule has 4 aromatic rings. The van der Waals surface area contributed by atoms with Gasteiger partial charge < -0.3 is 9.52 Å². The summed E-state index contributed by atoms with van der Waals surface area (Å²) in [5, 5.41) is 9.24. The average Bonchev–Trinajstić information content (AvgIpc) is 3.18. The first-order valence-corrected chi connectivity index (χ1v) is 9.66. The van der Waals surface area contributed by atoms with Crippen LogP contribution in [0.15, 0.2) is 101 Å². The van der Waals surface area contributed by atoms with E-state index >= 15 is 0 Å². The van der Waals surface area contributed by atoms with Gasteiger partial charge in [0.2, 0.25) is 0 Å². The van der Waals surface area contributed by atoms with Gasteiger partial charge in [0.25, 0.3) is 5.22 Å². The van der Waals surface area contributed by atoms with Crippen molar-refractivity contribution in [2.45, 2.75) is 10.5 Å². The molecule has 0 aliphatic heterocycles. The molecule has 0 saturated carbocycles. The molecular formula is C23H17NO3S. The van der Waals surface area contributed by atoms with Crippen molar-refractivity contribution in [3.05, 3.63) is 96.6 Å². The smallest absolute Gasteiger partial charge is 0.321 e. The molecule has 28 heavy (non-hydrogen) atoms. The van der Waals surface area contributed by atoms with Crippen LogP contribution in [0.5, 0.6) is 0 Å². The van der Waals surface area contributed by atoms with Crippen molar-refractivity contribution in [1.29, 1.82) is 0 Å². The number of rotatable bonds is 6. The van der Waals surface area contributed by atoms with Gasteiger partial charge >= 0.3 is 5.97 Å². The monoisotopic (exact) mass is 387 g/mol. The number of thioether (sulfide) groups is 1. The zero-order chi connectivity index (χ0) is 19.3. The molecule has 5 heteroatoms. The number of aliphatic carboxylic acids is 1. The Balaban J connectivity index is 1.76. The minimum Gasteiger partial charge on any atom is -0.480 e. The maximum atomic E-state index is 11.8. The predicted octanol–water partition coefficient (Wildman–Crippen LogP) is 5.93. The molecule has 0 fully saturated rings. The second-order valence-corrected chi connectivity index (χ2v) is 7.19. The maximum Gasteiger partial charge on any atom is 0.321 e. The van der Waals surface area contributed by atoms with E-state index in [9.17, 15) is 9.90 Å². The van der Waals surface area contributed by atoms with Crippen molar-refractivity contribution in [3.8, 4) is 22.6 Å². The van der Waals surface area contributed by atoms with E-state index in [2.05, 4.69) is 4.98 Å². The SMILES string of the molecule is O=C(O)[C@@H](Sc1nc(-c2ccccc2)c(-c2ccccc2)o1)c1ccccc1. The van der Waals surface area contributed by atoms with Crippen LogP contribution >= 0.6 is 11.8 Å². The Kier molecular flexibility index (Phi) is 5.26. The van der Waals surface area contributed by atoms with E-state index in [0.717, 1.165) is 22.9 Å². The molecule has 0 saturated heterocycles. The van der Waals surface area contributed by atoms with Crippen molar-refractivity contribution < 1.29 is 14.3 Å². The number of nitrogens with zero attached hydrogens (tertiary/aromatic N) is 1. The van der Waals surface area contributed by atoms with E-state index in [0.29, 0.717) is 22.2 Å². The molecule has 1 N–H and O–H groups in total. The Bertz CT molecular complexity index is 1010. The number of carboxylic acid groups (broad SMARTS) is 1. The molecular weight excluding hydrogens is 370 g/mol. The third kappa shape index (κ3) is 3.85. The lowest BCUT2D eigenvalue weighted by molar-refractivity contribution is -0.136. The standard InChI is InChI=1S/C23H17NO3S/c25-22(26)21(18-14-8-3-9-15-18)28-23-24-19(16-10-4-1-5-11-16)20(27-23)17-12-6-2-7-13-17/h1-15,21H,(H,25,26)/t21-/m0/s1. The van der Waals surface area contributed by atoms with E-state index in [1.807, 2.05) is 78.9 Å². The minimum atomic E-state index is -0.933. The van der Waals surface area contributed by atoms with E-state index in [-0.39, 0.29) is 0 Å². The number of carbonyl (C=O) groups is 1. The van der Waals surface area contributed by atoms with Gasteiger partial charge in [0.05, 0.1) is 0 Å². The molecule has 0 unspecified atom stereocenters. The molecule has 138 valence electrons. The van der Waals surface area contributed by atoms with Crippen LogP contribution in [0.4, 0.5) is 0 Å². The Morgan fingerprint density at radius 3 is 1.93 bits per heavy atom. The van der Waals surface area contributed by atoms with Crippen LogP contribution in [0.3, 0.4) is 0 Å². The van der Waals surface area contributed by atoms with Gasteiger partial charge in [-0.15, -0.1) is 0 Å². The Morgan fingerprint density at radius 1 is 0.821 bits per heavy atom. The highest BCUT2D eigenvalue weighted by Crippen LogP contribution is 2.40. The van der Waals surface area contributed by atoms with Gasteiger partial charge in [-0.3, -0.25) is 4.79 Å². The molecule has 0 amide bonds. The van der Waals surface area contributed by atoms with Gasteiger partial charge in [-0.25, -0.2) is 4.98 Å². The van der Waals surface area contributed by atoms with Crippen molar-refractivity contribution in [1.82, 2.24) is 4.98 Å². The highest BCUT2D eigenvalue weighted by Gasteiger charge is 2.25. The van der Waals surface area contributed by atoms with Crippen LogP contribution in [0.2, 0.25) is 0 Å². The van der Waals surface area contributed by atoms with Crippen molar-refractivity contribution in [2.75, 3.05) is 0 Å². The highest BCUT2D eigenvalue weighted by atomic mass is 32.2. The van der Waals surface area contributed by atoms with Gasteiger partial charge in [0, 0.05) is 11.1 Å². The molecule has 0 aliphatic rings. The fourth-order valence-electron chi connectivity index (χ4n) is 2.92. The van der Waals surface area contributed by atoms with Gasteiger partial charge in [0.1, 0.15) is 10.9 Å². The van der Waals surface area contributed by atoms with Crippen LogP contribution in [-0.2, 0) is 4.79 Å². The number of hydrogen-bond acceptors (Lipinski definition) is 4. The molecule has 3 aromatic carbocycles. The van der Waals surface area contributed by atoms with Crippen LogP contribution in [0.1, 0.15) is 10.8 Å². The normalized spacial score (nSPS) is 11.9. The first kappa shape index (κ1) is 18.1. The summed E-state index contributed by atoms with van der Waals surface area (Å²) in [5.74, 6) is -0.302. The van der Waals surface area contributed by atoms with Crippen LogP contribution in [0.25, 0.3) is 22.6 Å². The first-order valence-electron chi connectivity index (χ1n) is 8.78. The number of oxazole rings is 1. The van der Waals surface area contributed by atoms with Gasteiger partial charge in [0.15, 0.2) is 5.76 Å². The predicted molar refractivity (Wildman–Crippen MR) is 110 cm³/mol. The highest BCUT2D eigenvalue weighted by molar-refractivity contribution is 8.00. The molecule has 1 atom stereocenters. The Hall–Kier alpha value is -3.31. The fourth-order valence-corrected chi connectivity index (χ4v) is 3.79. The molecule has 4 nitrogen and oxygen atoms in total. The lowest BCUT2D eigenvalue weighted by atomic mass is 10.1. The van der Waals surface area contributed by atoms with E-state index in [1.165, 1.54) is 0 Å². The summed E-state index contributed by atoms with van der Waals surface area (Å²) in [7, 11) is 0. The van der Waals surface area contributed by atoms with Gasteiger partial charge in [-0.1, -0.05) is 91.0 Å². The quantitative estimate of drug-likeness (QED) is 0.416. The lowest BCUT2D eigenvalue weighted by Gasteiger charge is -2.09. The summed E-state index contributed by atoms with van der Waals surface area (Å²) in [5.41, 5.74) is 3.21. The largest absolute Gasteiger partial charge is 0.480 e. The first-order chi connectivity index (χ1) is 13.7.